The molecule has 0 radical (unpaired) electrons. The number of rotatable bonds is 4. The van der Waals surface area contributed by atoms with E-state index in [1.54, 1.807) is 6.07 Å². The molecular formula is C16H20FNO3. The lowest BCUT2D eigenvalue weighted by Gasteiger charge is -2.32. The third kappa shape index (κ3) is 2.50. The normalized spacial score (nSPS) is 32.3. The molecule has 3 N–H and O–H groups in total. The van der Waals surface area contributed by atoms with E-state index in [-0.39, 0.29) is 29.7 Å². The molecule has 4 nitrogen and oxygen atoms in total. The first kappa shape index (κ1) is 14.3. The third-order valence-electron chi connectivity index (χ3n) is 5.10. The fourth-order valence-electron chi connectivity index (χ4n) is 4.15. The summed E-state index contributed by atoms with van der Waals surface area (Å²) in [4.78, 5) is 11.5. The molecule has 21 heavy (non-hydrogen) atoms. The number of nitrogens with one attached hydrogen (secondary N) is 1. The first-order valence-corrected chi connectivity index (χ1v) is 7.44. The summed E-state index contributed by atoms with van der Waals surface area (Å²) < 4.78 is 13.0. The van der Waals surface area contributed by atoms with Crippen molar-refractivity contribution < 1.29 is 19.4 Å². The largest absolute Gasteiger partial charge is 0.508 e. The zero-order valence-corrected chi connectivity index (χ0v) is 11.9. The third-order valence-corrected chi connectivity index (χ3v) is 5.10. The molecule has 2 aliphatic carbocycles. The summed E-state index contributed by atoms with van der Waals surface area (Å²) in [5, 5.41) is 22.6. The van der Waals surface area contributed by atoms with Crippen LogP contribution in [0.5, 0.6) is 5.75 Å². The maximum absolute atomic E-state index is 13.0. The van der Waals surface area contributed by atoms with Crippen LogP contribution in [0.3, 0.4) is 0 Å². The van der Waals surface area contributed by atoms with Crippen LogP contribution in [-0.4, -0.2) is 22.2 Å². The van der Waals surface area contributed by atoms with Gasteiger partial charge in [0.25, 0.3) is 0 Å². The lowest BCUT2D eigenvalue weighted by Crippen LogP contribution is -2.45. The molecule has 2 saturated carbocycles. The van der Waals surface area contributed by atoms with E-state index >= 15 is 0 Å². The highest BCUT2D eigenvalue weighted by Crippen LogP contribution is 2.49. The van der Waals surface area contributed by atoms with Crippen LogP contribution in [-0.2, 0) is 4.79 Å². The summed E-state index contributed by atoms with van der Waals surface area (Å²) in [7, 11) is 0. The van der Waals surface area contributed by atoms with Gasteiger partial charge in [-0.3, -0.25) is 4.79 Å². The smallest absolute Gasteiger partial charge is 0.308 e. The van der Waals surface area contributed by atoms with Gasteiger partial charge in [-0.25, -0.2) is 4.39 Å². The van der Waals surface area contributed by atoms with Gasteiger partial charge in [-0.15, -0.1) is 0 Å². The molecule has 0 aromatic heterocycles. The molecule has 5 atom stereocenters. The SMILES string of the molecule is CC(NC1C2CCC(C2)C1C(=O)O)c1ccc(F)cc1O. The van der Waals surface area contributed by atoms with E-state index in [1.165, 1.54) is 6.07 Å². The van der Waals surface area contributed by atoms with Crippen molar-refractivity contribution in [2.24, 2.45) is 17.8 Å². The Morgan fingerprint density at radius 1 is 1.38 bits per heavy atom. The Kier molecular flexibility index (Phi) is 3.61. The zero-order valence-electron chi connectivity index (χ0n) is 11.9. The second kappa shape index (κ2) is 5.30. The minimum absolute atomic E-state index is 0.0688. The van der Waals surface area contributed by atoms with Gasteiger partial charge in [0.15, 0.2) is 0 Å². The van der Waals surface area contributed by atoms with Gasteiger partial charge in [-0.1, -0.05) is 6.07 Å². The average Bonchev–Trinajstić information content (AvgIpc) is 2.98. The Morgan fingerprint density at radius 2 is 2.10 bits per heavy atom. The van der Waals surface area contributed by atoms with Gasteiger partial charge in [0.1, 0.15) is 11.6 Å². The molecular weight excluding hydrogens is 273 g/mol. The number of aliphatic carboxylic acids is 1. The number of phenolic OH excluding ortho intramolecular Hbond substituents is 1. The molecule has 0 saturated heterocycles. The van der Waals surface area contributed by atoms with Crippen molar-refractivity contribution in [2.45, 2.75) is 38.3 Å². The van der Waals surface area contributed by atoms with Gasteiger partial charge in [0.2, 0.25) is 0 Å². The van der Waals surface area contributed by atoms with Gasteiger partial charge < -0.3 is 15.5 Å². The Labute approximate surface area is 123 Å². The van der Waals surface area contributed by atoms with E-state index in [1.807, 2.05) is 6.92 Å². The van der Waals surface area contributed by atoms with Crippen LogP contribution in [0, 0.1) is 23.6 Å². The van der Waals surface area contributed by atoms with Crippen LogP contribution in [0.15, 0.2) is 18.2 Å². The van der Waals surface area contributed by atoms with E-state index < -0.39 is 11.8 Å². The molecule has 2 aliphatic rings. The molecule has 5 heteroatoms. The van der Waals surface area contributed by atoms with Gasteiger partial charge in [-0.2, -0.15) is 0 Å². The molecule has 0 heterocycles. The predicted molar refractivity (Wildman–Crippen MR) is 75.4 cm³/mol. The van der Waals surface area contributed by atoms with Crippen molar-refractivity contribution in [1.29, 1.82) is 0 Å². The van der Waals surface area contributed by atoms with Crippen molar-refractivity contribution in [3.8, 4) is 5.75 Å². The molecule has 2 bridgehead atoms. The molecule has 1 aromatic carbocycles. The van der Waals surface area contributed by atoms with E-state index in [2.05, 4.69) is 5.32 Å². The molecule has 2 fully saturated rings. The molecule has 114 valence electrons. The van der Waals surface area contributed by atoms with Crippen molar-refractivity contribution in [2.75, 3.05) is 0 Å². The highest BCUT2D eigenvalue weighted by Gasteiger charge is 2.51. The van der Waals surface area contributed by atoms with Gasteiger partial charge >= 0.3 is 5.97 Å². The minimum Gasteiger partial charge on any atom is -0.508 e. The van der Waals surface area contributed by atoms with Crippen LogP contribution >= 0.6 is 0 Å². The number of benzene rings is 1. The Hall–Kier alpha value is -1.62. The van der Waals surface area contributed by atoms with Crippen LogP contribution in [0.2, 0.25) is 0 Å². The zero-order chi connectivity index (χ0) is 15.1. The maximum atomic E-state index is 13.0. The van der Waals surface area contributed by atoms with E-state index in [4.69, 9.17) is 0 Å². The summed E-state index contributed by atoms with van der Waals surface area (Å²) in [5.74, 6) is -1.01. The topological polar surface area (TPSA) is 69.6 Å². The molecule has 0 spiro atoms. The number of hydrogen-bond acceptors (Lipinski definition) is 3. The van der Waals surface area contributed by atoms with Gasteiger partial charge in [0.05, 0.1) is 5.92 Å². The number of carboxylic acids is 1. The quantitative estimate of drug-likeness (QED) is 0.798. The maximum Gasteiger partial charge on any atom is 0.308 e. The summed E-state index contributed by atoms with van der Waals surface area (Å²) in [6.07, 6.45) is 3.03. The number of aromatic hydroxyl groups is 1. The molecule has 0 aliphatic heterocycles. The highest BCUT2D eigenvalue weighted by molar-refractivity contribution is 5.72. The average molecular weight is 293 g/mol. The number of carboxylic acid groups (broad SMARTS) is 1. The van der Waals surface area contributed by atoms with Crippen molar-refractivity contribution >= 4 is 5.97 Å². The van der Waals surface area contributed by atoms with Crippen molar-refractivity contribution in [1.82, 2.24) is 5.32 Å². The standard InChI is InChI=1S/C16H20FNO3/c1-8(12-5-4-11(17)7-13(12)19)18-15-10-3-2-9(6-10)14(15)16(20)21/h4-5,7-10,14-15,18-19H,2-3,6H2,1H3,(H,20,21). The lowest BCUT2D eigenvalue weighted by atomic mass is 9.84. The number of fused-ring (bicyclic) bond motifs is 2. The fraction of sp³-hybridized carbons (Fsp3) is 0.562. The van der Waals surface area contributed by atoms with Crippen LogP contribution in [0.4, 0.5) is 4.39 Å². The second-order valence-electron chi connectivity index (χ2n) is 6.31. The minimum atomic E-state index is -0.741. The monoisotopic (exact) mass is 293 g/mol. The summed E-state index contributed by atoms with van der Waals surface area (Å²) in [5.41, 5.74) is 0.600. The molecule has 3 rings (SSSR count). The summed E-state index contributed by atoms with van der Waals surface area (Å²) in [6.45, 7) is 1.87. The molecule has 5 unspecified atom stereocenters. The van der Waals surface area contributed by atoms with Gasteiger partial charge in [0, 0.05) is 23.7 Å². The Morgan fingerprint density at radius 3 is 2.76 bits per heavy atom. The first-order valence-electron chi connectivity index (χ1n) is 7.44. The van der Waals surface area contributed by atoms with Crippen LogP contribution < -0.4 is 5.32 Å². The second-order valence-corrected chi connectivity index (χ2v) is 6.31. The van der Waals surface area contributed by atoms with E-state index in [0.29, 0.717) is 11.5 Å². The first-order chi connectivity index (χ1) is 9.97. The number of hydrogen-bond donors (Lipinski definition) is 3. The van der Waals surface area contributed by atoms with Crippen LogP contribution in [0.1, 0.15) is 37.8 Å². The predicted octanol–water partition coefficient (Wildman–Crippen LogP) is 2.68. The Bertz CT molecular complexity index is 562. The number of phenols is 1. The highest BCUT2D eigenvalue weighted by atomic mass is 19.1. The van der Waals surface area contributed by atoms with Crippen molar-refractivity contribution in [3.05, 3.63) is 29.6 Å². The fourth-order valence-corrected chi connectivity index (χ4v) is 4.15. The Balaban J connectivity index is 1.77. The number of carbonyl (C=O) groups is 1. The van der Waals surface area contributed by atoms with Crippen LogP contribution in [0.25, 0.3) is 0 Å². The lowest BCUT2D eigenvalue weighted by molar-refractivity contribution is -0.144. The van der Waals surface area contributed by atoms with Gasteiger partial charge in [-0.05, 0) is 44.1 Å². The number of halogens is 1. The van der Waals surface area contributed by atoms with E-state index in [9.17, 15) is 19.4 Å². The van der Waals surface area contributed by atoms with E-state index in [0.717, 1.165) is 25.3 Å². The molecule has 0 amide bonds. The molecule has 1 aromatic rings. The summed E-state index contributed by atoms with van der Waals surface area (Å²) in [6, 6.07) is 3.66. The summed E-state index contributed by atoms with van der Waals surface area (Å²) >= 11 is 0. The van der Waals surface area contributed by atoms with Crippen molar-refractivity contribution in [3.63, 3.8) is 0 Å².